The van der Waals surface area contributed by atoms with E-state index in [0.29, 0.717) is 14.5 Å². The van der Waals surface area contributed by atoms with Crippen molar-refractivity contribution in [3.63, 3.8) is 0 Å². The Bertz CT molecular complexity index is 640. The van der Waals surface area contributed by atoms with Gasteiger partial charge in [-0.25, -0.2) is 0 Å². The van der Waals surface area contributed by atoms with Gasteiger partial charge in [-0.2, -0.15) is 0 Å². The molecule has 0 bridgehead atoms. The Kier molecular flexibility index (Phi) is 2.84. The Morgan fingerprint density at radius 3 is 1.81 bits per heavy atom. The van der Waals surface area contributed by atoms with E-state index in [2.05, 4.69) is 61.1 Å². The van der Waals surface area contributed by atoms with Crippen LogP contribution in [0.2, 0.25) is 0 Å². The third kappa shape index (κ3) is 1.95. The zero-order valence-corrected chi connectivity index (χ0v) is 13.0. The van der Waals surface area contributed by atoms with Gasteiger partial charge in [0.2, 0.25) is 0 Å². The van der Waals surface area contributed by atoms with Gasteiger partial charge in [0, 0.05) is 0 Å². The van der Waals surface area contributed by atoms with Crippen molar-refractivity contribution in [3.8, 4) is 0 Å². The SMILES string of the molecule is Brc1ccc2nc3ccc(Br)cc3[se+]c2c1. The number of hydrogen-bond acceptors (Lipinski definition) is 1. The molecular weight excluding hydrogens is 397 g/mol. The number of aromatic nitrogens is 1. The molecule has 0 amide bonds. The zero-order valence-electron chi connectivity index (χ0n) is 8.08. The summed E-state index contributed by atoms with van der Waals surface area (Å²) < 4.78 is 4.93. The van der Waals surface area contributed by atoms with E-state index in [1.54, 1.807) is 0 Å². The molecule has 1 aromatic heterocycles. The van der Waals surface area contributed by atoms with Crippen LogP contribution in [-0.4, -0.2) is 19.5 Å². The molecule has 0 unspecified atom stereocenters. The zero-order chi connectivity index (χ0) is 11.1. The van der Waals surface area contributed by atoms with Gasteiger partial charge < -0.3 is 0 Å². The van der Waals surface area contributed by atoms with Crippen molar-refractivity contribution in [3.05, 3.63) is 45.3 Å². The van der Waals surface area contributed by atoms with Crippen LogP contribution in [0.1, 0.15) is 0 Å². The maximum atomic E-state index is 4.67. The molecule has 1 heterocycles. The van der Waals surface area contributed by atoms with Crippen LogP contribution < -0.4 is 0 Å². The second kappa shape index (κ2) is 4.19. The first kappa shape index (κ1) is 10.8. The predicted octanol–water partition coefficient (Wildman–Crippen LogP) is 4.25. The average Bonchev–Trinajstić information content (AvgIpc) is 2.26. The molecule has 4 heteroatoms. The third-order valence-corrected chi connectivity index (χ3v) is 5.59. The molecule has 16 heavy (non-hydrogen) atoms. The van der Waals surface area contributed by atoms with E-state index in [-0.39, 0.29) is 0 Å². The Labute approximate surface area is 116 Å². The fourth-order valence-electron chi connectivity index (χ4n) is 1.57. The van der Waals surface area contributed by atoms with Gasteiger partial charge in [-0.15, -0.1) is 0 Å². The number of benzene rings is 2. The van der Waals surface area contributed by atoms with Crippen molar-refractivity contribution in [2.24, 2.45) is 0 Å². The molecule has 78 valence electrons. The topological polar surface area (TPSA) is 12.9 Å². The summed E-state index contributed by atoms with van der Waals surface area (Å²) in [7, 11) is 0. The normalized spacial score (nSPS) is 11.1. The summed E-state index contributed by atoms with van der Waals surface area (Å²) in [6.45, 7) is 0. The molecule has 0 spiro atoms. The first-order valence-corrected chi connectivity index (χ1v) is 8.01. The van der Waals surface area contributed by atoms with Crippen LogP contribution in [0.25, 0.3) is 19.6 Å². The standard InChI is InChI=1S/C12H6Br2NSe/c13-7-1-3-9-11(5-7)16-12-6-8(14)2-4-10(12)15-9/h1-6H/q+1. The minimum absolute atomic E-state index is 0.347. The van der Waals surface area contributed by atoms with E-state index in [1.807, 2.05) is 12.1 Å². The van der Waals surface area contributed by atoms with Gasteiger partial charge >= 0.3 is 116 Å². The number of nitrogens with zero attached hydrogens (tertiary/aromatic N) is 1. The molecular formula is C12H6Br2NSe+. The summed E-state index contributed by atoms with van der Waals surface area (Å²) >= 11 is 7.35. The summed E-state index contributed by atoms with van der Waals surface area (Å²) in [6.07, 6.45) is 0. The van der Waals surface area contributed by atoms with Crippen LogP contribution in [0.4, 0.5) is 0 Å². The van der Waals surface area contributed by atoms with Crippen molar-refractivity contribution in [2.75, 3.05) is 0 Å². The average molecular weight is 403 g/mol. The molecule has 0 N–H and O–H groups in total. The van der Waals surface area contributed by atoms with Gasteiger partial charge in [0.1, 0.15) is 0 Å². The van der Waals surface area contributed by atoms with Gasteiger partial charge in [-0.3, -0.25) is 0 Å². The molecule has 0 atom stereocenters. The van der Waals surface area contributed by atoms with Gasteiger partial charge in [-0.05, 0) is 0 Å². The number of rotatable bonds is 0. The second-order valence-corrected chi connectivity index (χ2v) is 7.54. The quantitative estimate of drug-likeness (QED) is 0.404. The molecule has 3 rings (SSSR count). The Balaban J connectivity index is 2.44. The molecule has 0 saturated carbocycles. The fraction of sp³-hybridized carbons (Fsp3) is 0. The van der Waals surface area contributed by atoms with E-state index in [4.69, 9.17) is 0 Å². The second-order valence-electron chi connectivity index (χ2n) is 3.44. The molecule has 0 fully saturated rings. The number of hydrogen-bond donors (Lipinski definition) is 0. The first-order valence-electron chi connectivity index (χ1n) is 4.71. The van der Waals surface area contributed by atoms with Gasteiger partial charge in [0.15, 0.2) is 0 Å². The van der Waals surface area contributed by atoms with E-state index >= 15 is 0 Å². The molecule has 0 aliphatic heterocycles. The number of fused-ring (bicyclic) bond motifs is 2. The van der Waals surface area contributed by atoms with Crippen LogP contribution in [0.15, 0.2) is 45.3 Å². The van der Waals surface area contributed by atoms with Gasteiger partial charge in [0.05, 0.1) is 0 Å². The van der Waals surface area contributed by atoms with Crippen molar-refractivity contribution in [1.29, 1.82) is 0 Å². The number of halogens is 2. The van der Waals surface area contributed by atoms with Crippen LogP contribution in [-0.2, 0) is 0 Å². The van der Waals surface area contributed by atoms with E-state index < -0.39 is 0 Å². The molecule has 3 aromatic rings. The predicted molar refractivity (Wildman–Crippen MR) is 76.0 cm³/mol. The van der Waals surface area contributed by atoms with Gasteiger partial charge in [-0.1, -0.05) is 0 Å². The van der Waals surface area contributed by atoms with E-state index in [0.717, 1.165) is 20.0 Å². The Morgan fingerprint density at radius 2 is 1.31 bits per heavy atom. The summed E-state index contributed by atoms with van der Waals surface area (Å²) in [5, 5.41) is 0. The molecule has 2 aromatic carbocycles. The summed E-state index contributed by atoms with van der Waals surface area (Å²) in [5.41, 5.74) is 2.22. The van der Waals surface area contributed by atoms with Crippen LogP contribution in [0.5, 0.6) is 0 Å². The fourth-order valence-corrected chi connectivity index (χ4v) is 5.17. The van der Waals surface area contributed by atoms with Crippen LogP contribution >= 0.6 is 31.9 Å². The molecule has 0 aliphatic rings. The maximum absolute atomic E-state index is 4.67. The summed E-state index contributed by atoms with van der Waals surface area (Å²) in [5.74, 6) is 0. The van der Waals surface area contributed by atoms with E-state index in [1.165, 1.54) is 8.52 Å². The van der Waals surface area contributed by atoms with Crippen LogP contribution in [0.3, 0.4) is 0 Å². The van der Waals surface area contributed by atoms with Crippen molar-refractivity contribution in [1.82, 2.24) is 4.98 Å². The van der Waals surface area contributed by atoms with Gasteiger partial charge in [0.25, 0.3) is 0 Å². The summed E-state index contributed by atoms with van der Waals surface area (Å²) in [6, 6.07) is 12.6. The molecule has 1 nitrogen and oxygen atoms in total. The molecule has 0 saturated heterocycles. The van der Waals surface area contributed by atoms with Crippen molar-refractivity contribution in [2.45, 2.75) is 0 Å². The third-order valence-electron chi connectivity index (χ3n) is 2.30. The minimum atomic E-state index is 0.347. The monoisotopic (exact) mass is 402 g/mol. The van der Waals surface area contributed by atoms with Crippen molar-refractivity contribution >= 4 is 65.9 Å². The van der Waals surface area contributed by atoms with E-state index in [9.17, 15) is 0 Å². The Hall–Kier alpha value is -0.281. The molecule has 0 radical (unpaired) electrons. The Morgan fingerprint density at radius 1 is 0.812 bits per heavy atom. The molecule has 0 aliphatic carbocycles. The van der Waals surface area contributed by atoms with Crippen molar-refractivity contribution < 1.29 is 0 Å². The summed E-state index contributed by atoms with van der Waals surface area (Å²) in [4.78, 5) is 4.67. The van der Waals surface area contributed by atoms with Crippen LogP contribution in [0, 0.1) is 0 Å². The first-order chi connectivity index (χ1) is 7.72.